The van der Waals surface area contributed by atoms with Crippen molar-refractivity contribution < 1.29 is 14.7 Å². The summed E-state index contributed by atoms with van der Waals surface area (Å²) in [5, 5.41) is 8.77. The SMILES string of the molecule is CCC(C(=O)C=O)c1ccc(CCO)cc1. The van der Waals surface area contributed by atoms with Crippen LogP contribution in [0.4, 0.5) is 0 Å². The highest BCUT2D eigenvalue weighted by atomic mass is 16.3. The molecule has 0 saturated heterocycles. The maximum Gasteiger partial charge on any atom is 0.202 e. The normalized spacial score (nSPS) is 12.1. The number of ketones is 1. The molecule has 3 heteroatoms. The molecule has 0 saturated carbocycles. The average molecular weight is 220 g/mol. The third-order valence-corrected chi connectivity index (χ3v) is 2.65. The van der Waals surface area contributed by atoms with Gasteiger partial charge < -0.3 is 5.11 Å². The molecule has 0 spiro atoms. The molecule has 0 aliphatic rings. The highest BCUT2D eigenvalue weighted by Crippen LogP contribution is 2.20. The number of hydrogen-bond acceptors (Lipinski definition) is 3. The summed E-state index contributed by atoms with van der Waals surface area (Å²) < 4.78 is 0. The van der Waals surface area contributed by atoms with Crippen molar-refractivity contribution in [3.05, 3.63) is 35.4 Å². The number of benzene rings is 1. The van der Waals surface area contributed by atoms with Gasteiger partial charge in [-0.15, -0.1) is 0 Å². The summed E-state index contributed by atoms with van der Waals surface area (Å²) in [4.78, 5) is 21.8. The Labute approximate surface area is 95.1 Å². The number of Topliss-reactive ketones (excluding diaryl/α,β-unsaturated/α-hetero) is 1. The minimum Gasteiger partial charge on any atom is -0.396 e. The van der Waals surface area contributed by atoms with Gasteiger partial charge in [-0.1, -0.05) is 31.2 Å². The van der Waals surface area contributed by atoms with E-state index in [1.807, 2.05) is 31.2 Å². The molecule has 1 unspecified atom stereocenters. The molecule has 0 aliphatic carbocycles. The Morgan fingerprint density at radius 2 is 2.00 bits per heavy atom. The monoisotopic (exact) mass is 220 g/mol. The molecule has 0 amide bonds. The van der Waals surface area contributed by atoms with Crippen molar-refractivity contribution in [2.24, 2.45) is 0 Å². The van der Waals surface area contributed by atoms with E-state index in [1.54, 1.807) is 0 Å². The second-order valence-electron chi connectivity index (χ2n) is 3.70. The molecule has 0 heterocycles. The van der Waals surface area contributed by atoms with E-state index in [4.69, 9.17) is 5.11 Å². The summed E-state index contributed by atoms with van der Waals surface area (Å²) >= 11 is 0. The lowest BCUT2D eigenvalue weighted by Crippen LogP contribution is -2.12. The zero-order valence-corrected chi connectivity index (χ0v) is 9.35. The van der Waals surface area contributed by atoms with Crippen LogP contribution in [0.5, 0.6) is 0 Å². The molecule has 1 N–H and O–H groups in total. The fourth-order valence-electron chi connectivity index (χ4n) is 1.73. The summed E-state index contributed by atoms with van der Waals surface area (Å²) in [6.45, 7) is 2.00. The third kappa shape index (κ3) is 3.00. The Morgan fingerprint density at radius 1 is 1.38 bits per heavy atom. The zero-order valence-electron chi connectivity index (χ0n) is 9.35. The van der Waals surface area contributed by atoms with Gasteiger partial charge in [-0.05, 0) is 24.0 Å². The summed E-state index contributed by atoms with van der Waals surface area (Å²) in [6.07, 6.45) is 1.62. The van der Waals surface area contributed by atoms with Gasteiger partial charge in [0, 0.05) is 12.5 Å². The van der Waals surface area contributed by atoms with Crippen LogP contribution >= 0.6 is 0 Å². The first-order chi connectivity index (χ1) is 7.72. The lowest BCUT2D eigenvalue weighted by molar-refractivity contribution is -0.130. The molecule has 1 aromatic rings. The Balaban J connectivity index is 2.86. The van der Waals surface area contributed by atoms with Crippen molar-refractivity contribution >= 4 is 12.1 Å². The van der Waals surface area contributed by atoms with Gasteiger partial charge in [-0.25, -0.2) is 0 Å². The van der Waals surface area contributed by atoms with Crippen molar-refractivity contribution in [3.8, 4) is 0 Å². The van der Waals surface area contributed by atoms with Gasteiger partial charge in [0.15, 0.2) is 6.29 Å². The Kier molecular flexibility index (Phi) is 4.86. The Bertz CT molecular complexity index is 354. The van der Waals surface area contributed by atoms with Crippen LogP contribution in [-0.2, 0) is 16.0 Å². The van der Waals surface area contributed by atoms with Crippen molar-refractivity contribution in [3.63, 3.8) is 0 Å². The Hall–Kier alpha value is -1.48. The van der Waals surface area contributed by atoms with Crippen molar-refractivity contribution in [1.29, 1.82) is 0 Å². The van der Waals surface area contributed by atoms with Crippen LogP contribution in [0.15, 0.2) is 24.3 Å². The fraction of sp³-hybridized carbons (Fsp3) is 0.385. The standard InChI is InChI=1S/C13H16O3/c1-2-12(13(16)9-15)11-5-3-10(4-6-11)7-8-14/h3-6,9,12,14H,2,7-8H2,1H3. The van der Waals surface area contributed by atoms with Gasteiger partial charge in [-0.2, -0.15) is 0 Å². The maximum atomic E-state index is 11.3. The van der Waals surface area contributed by atoms with Crippen molar-refractivity contribution in [1.82, 2.24) is 0 Å². The van der Waals surface area contributed by atoms with E-state index in [1.165, 1.54) is 0 Å². The van der Waals surface area contributed by atoms with E-state index in [0.29, 0.717) is 19.1 Å². The van der Waals surface area contributed by atoms with Gasteiger partial charge in [0.1, 0.15) is 0 Å². The number of rotatable bonds is 6. The number of carbonyl (C=O) groups excluding carboxylic acids is 2. The lowest BCUT2D eigenvalue weighted by Gasteiger charge is -2.11. The molecule has 3 nitrogen and oxygen atoms in total. The molecule has 0 fully saturated rings. The van der Waals surface area contributed by atoms with Crippen LogP contribution < -0.4 is 0 Å². The third-order valence-electron chi connectivity index (χ3n) is 2.65. The molecule has 1 rings (SSSR count). The summed E-state index contributed by atoms with van der Waals surface area (Å²) in [6, 6.07) is 7.46. The number of hydrogen-bond donors (Lipinski definition) is 1. The number of aliphatic hydroxyl groups is 1. The van der Waals surface area contributed by atoms with E-state index in [0.717, 1.165) is 11.1 Å². The van der Waals surface area contributed by atoms with Gasteiger partial charge in [0.05, 0.1) is 0 Å². The number of carbonyl (C=O) groups is 2. The van der Waals surface area contributed by atoms with Gasteiger partial charge in [-0.3, -0.25) is 9.59 Å². The summed E-state index contributed by atoms with van der Waals surface area (Å²) in [5.41, 5.74) is 1.89. The van der Waals surface area contributed by atoms with Crippen molar-refractivity contribution in [2.45, 2.75) is 25.7 Å². The first-order valence-electron chi connectivity index (χ1n) is 5.41. The highest BCUT2D eigenvalue weighted by molar-refractivity contribution is 6.27. The summed E-state index contributed by atoms with van der Waals surface area (Å²) in [5.74, 6) is -0.710. The first-order valence-corrected chi connectivity index (χ1v) is 5.41. The molecular weight excluding hydrogens is 204 g/mol. The molecule has 1 aromatic carbocycles. The minimum absolute atomic E-state index is 0.115. The van der Waals surface area contributed by atoms with Crippen LogP contribution in [0, 0.1) is 0 Å². The van der Waals surface area contributed by atoms with Crippen LogP contribution in [0.25, 0.3) is 0 Å². The predicted octanol–water partition coefficient (Wildman–Crippen LogP) is 1.48. The molecular formula is C13H16O3. The van der Waals surface area contributed by atoms with E-state index >= 15 is 0 Å². The van der Waals surface area contributed by atoms with E-state index < -0.39 is 0 Å². The summed E-state index contributed by atoms with van der Waals surface area (Å²) in [7, 11) is 0. The highest BCUT2D eigenvalue weighted by Gasteiger charge is 2.17. The van der Waals surface area contributed by atoms with Crippen molar-refractivity contribution in [2.75, 3.05) is 6.61 Å². The van der Waals surface area contributed by atoms with Gasteiger partial charge in [0.2, 0.25) is 5.78 Å². The van der Waals surface area contributed by atoms with Crippen LogP contribution in [-0.4, -0.2) is 23.8 Å². The van der Waals surface area contributed by atoms with Crippen LogP contribution in [0.1, 0.15) is 30.4 Å². The molecule has 0 aromatic heterocycles. The average Bonchev–Trinajstić information content (AvgIpc) is 2.32. The second kappa shape index (κ2) is 6.18. The molecule has 16 heavy (non-hydrogen) atoms. The fourth-order valence-corrected chi connectivity index (χ4v) is 1.73. The molecule has 0 aliphatic heterocycles. The number of aliphatic hydroxyl groups excluding tert-OH is 1. The molecule has 0 radical (unpaired) electrons. The molecule has 0 bridgehead atoms. The maximum absolute atomic E-state index is 11.3. The second-order valence-corrected chi connectivity index (χ2v) is 3.70. The molecule has 86 valence electrons. The quantitative estimate of drug-likeness (QED) is 0.583. The number of aldehydes is 1. The van der Waals surface area contributed by atoms with Gasteiger partial charge in [0.25, 0.3) is 0 Å². The first kappa shape index (κ1) is 12.6. The topological polar surface area (TPSA) is 54.4 Å². The largest absolute Gasteiger partial charge is 0.396 e. The van der Waals surface area contributed by atoms with E-state index in [9.17, 15) is 9.59 Å². The van der Waals surface area contributed by atoms with Gasteiger partial charge >= 0.3 is 0 Å². The lowest BCUT2D eigenvalue weighted by atomic mass is 9.92. The molecule has 1 atom stereocenters. The predicted molar refractivity (Wildman–Crippen MR) is 61.3 cm³/mol. The zero-order chi connectivity index (χ0) is 12.0. The van der Waals surface area contributed by atoms with Crippen LogP contribution in [0.2, 0.25) is 0 Å². The van der Waals surface area contributed by atoms with Crippen LogP contribution in [0.3, 0.4) is 0 Å². The van der Waals surface area contributed by atoms with E-state index in [-0.39, 0.29) is 18.3 Å². The Morgan fingerprint density at radius 3 is 2.44 bits per heavy atom. The minimum atomic E-state index is -0.377. The smallest absolute Gasteiger partial charge is 0.202 e. The van der Waals surface area contributed by atoms with E-state index in [2.05, 4.69) is 0 Å².